The van der Waals surface area contributed by atoms with Crippen LogP contribution in [0.2, 0.25) is 0 Å². The number of nitrogens with zero attached hydrogens (tertiary/aromatic N) is 1. The Hall–Kier alpha value is -3.32. The fourth-order valence-electron chi connectivity index (χ4n) is 6.98. The second-order valence-corrected chi connectivity index (χ2v) is 17.6. The van der Waals surface area contributed by atoms with Gasteiger partial charge >= 0.3 is 5.97 Å². The van der Waals surface area contributed by atoms with Gasteiger partial charge in [-0.05, 0) is 92.6 Å². The summed E-state index contributed by atoms with van der Waals surface area (Å²) in [5.74, 6) is -1.39. The number of fused-ring (bicyclic) bond motifs is 2. The molecule has 4 rings (SSSR count). The SMILES string of the molecule is COCCC1(C)c2cc(S(=O)(=O)O)ccc2N(CCCCCC(=O)O)C1/C=C/C=C1/Nc2ccc(S(=O)(=O)O)cc2C1(C)CCCS(=O)(=O)O. The van der Waals surface area contributed by atoms with E-state index in [0.29, 0.717) is 61.3 Å². The molecule has 50 heavy (non-hydrogen) atoms. The molecule has 2 aromatic carbocycles. The van der Waals surface area contributed by atoms with Crippen LogP contribution in [0.15, 0.2) is 70.1 Å². The summed E-state index contributed by atoms with van der Waals surface area (Å²) < 4.78 is 106. The van der Waals surface area contributed by atoms with Crippen LogP contribution >= 0.6 is 0 Å². The first kappa shape index (κ1) is 39.5. The van der Waals surface area contributed by atoms with E-state index in [1.807, 2.05) is 19.1 Å². The first-order valence-electron chi connectivity index (χ1n) is 16.0. The molecule has 14 nitrogen and oxygen atoms in total. The summed E-state index contributed by atoms with van der Waals surface area (Å²) in [6.45, 7) is 4.63. The predicted octanol–water partition coefficient (Wildman–Crippen LogP) is 4.80. The van der Waals surface area contributed by atoms with Gasteiger partial charge in [-0.1, -0.05) is 25.5 Å². The maximum absolute atomic E-state index is 12.1. The number of anilines is 2. The second-order valence-electron chi connectivity index (χ2n) is 13.2. The van der Waals surface area contributed by atoms with Crippen molar-refractivity contribution >= 4 is 47.7 Å². The van der Waals surface area contributed by atoms with Crippen molar-refractivity contribution in [1.29, 1.82) is 0 Å². The lowest BCUT2D eigenvalue weighted by molar-refractivity contribution is -0.137. The Morgan fingerprint density at radius 3 is 2.14 bits per heavy atom. The largest absolute Gasteiger partial charge is 0.481 e. The molecule has 0 aliphatic carbocycles. The molecule has 0 radical (unpaired) electrons. The monoisotopic (exact) mass is 756 g/mol. The van der Waals surface area contributed by atoms with Crippen LogP contribution < -0.4 is 10.2 Å². The summed E-state index contributed by atoms with van der Waals surface area (Å²) in [5.41, 5.74) is 1.48. The Bertz CT molecular complexity index is 1990. The van der Waals surface area contributed by atoms with Crippen LogP contribution in [0.5, 0.6) is 0 Å². The van der Waals surface area contributed by atoms with Crippen LogP contribution in [0.3, 0.4) is 0 Å². The van der Waals surface area contributed by atoms with E-state index in [-0.39, 0.29) is 35.1 Å². The number of aliphatic carboxylic acids is 1. The van der Waals surface area contributed by atoms with Gasteiger partial charge in [0.05, 0.1) is 21.6 Å². The van der Waals surface area contributed by atoms with E-state index in [9.17, 15) is 43.7 Å². The van der Waals surface area contributed by atoms with Crippen molar-refractivity contribution in [3.63, 3.8) is 0 Å². The molecule has 3 unspecified atom stereocenters. The van der Waals surface area contributed by atoms with E-state index in [2.05, 4.69) is 10.2 Å². The van der Waals surface area contributed by atoms with Crippen LogP contribution in [0.4, 0.5) is 11.4 Å². The van der Waals surface area contributed by atoms with Crippen molar-refractivity contribution in [3.05, 3.63) is 71.5 Å². The molecule has 17 heteroatoms. The number of rotatable bonds is 17. The lowest BCUT2D eigenvalue weighted by Gasteiger charge is -2.35. The van der Waals surface area contributed by atoms with Crippen LogP contribution in [0.25, 0.3) is 0 Å². The van der Waals surface area contributed by atoms with E-state index in [4.69, 9.17) is 9.84 Å². The summed E-state index contributed by atoms with van der Waals surface area (Å²) in [5, 5.41) is 12.4. The number of ether oxygens (including phenoxy) is 1. The lowest BCUT2D eigenvalue weighted by Crippen LogP contribution is -2.43. The summed E-state index contributed by atoms with van der Waals surface area (Å²) in [4.78, 5) is 12.6. The van der Waals surface area contributed by atoms with Gasteiger partial charge < -0.3 is 20.1 Å². The maximum Gasteiger partial charge on any atom is 0.303 e. The smallest absolute Gasteiger partial charge is 0.303 e. The van der Waals surface area contributed by atoms with Crippen molar-refractivity contribution in [2.24, 2.45) is 0 Å². The quantitative estimate of drug-likeness (QED) is 0.108. The van der Waals surface area contributed by atoms with Gasteiger partial charge in [0.15, 0.2) is 0 Å². The third-order valence-corrected chi connectivity index (χ3v) is 12.2. The summed E-state index contributed by atoms with van der Waals surface area (Å²) in [7, 11) is -11.8. The molecule has 0 saturated heterocycles. The molecule has 0 saturated carbocycles. The predicted molar refractivity (Wildman–Crippen MR) is 187 cm³/mol. The highest BCUT2D eigenvalue weighted by Crippen LogP contribution is 2.50. The van der Waals surface area contributed by atoms with Gasteiger partial charge in [0, 0.05) is 54.6 Å². The van der Waals surface area contributed by atoms with Crippen LogP contribution in [0, 0.1) is 0 Å². The number of methoxy groups -OCH3 is 1. The zero-order valence-corrected chi connectivity index (χ0v) is 30.5. The Morgan fingerprint density at radius 1 is 0.900 bits per heavy atom. The molecule has 2 aliphatic rings. The number of allylic oxidation sites excluding steroid dienone is 3. The van der Waals surface area contributed by atoms with Crippen molar-refractivity contribution in [3.8, 4) is 0 Å². The highest BCUT2D eigenvalue weighted by atomic mass is 32.2. The van der Waals surface area contributed by atoms with Gasteiger partial charge in [-0.2, -0.15) is 25.3 Å². The molecular formula is C33H44N2O12S3. The van der Waals surface area contributed by atoms with E-state index in [1.54, 1.807) is 26.2 Å². The third-order valence-electron chi connectivity index (χ3n) is 9.68. The van der Waals surface area contributed by atoms with Gasteiger partial charge in [0.1, 0.15) is 0 Å². The first-order valence-corrected chi connectivity index (χ1v) is 20.5. The minimum atomic E-state index is -4.54. The minimum Gasteiger partial charge on any atom is -0.481 e. The normalized spacial score (nSPS) is 23.0. The molecule has 2 heterocycles. The Kier molecular flexibility index (Phi) is 11.9. The Morgan fingerprint density at radius 2 is 1.54 bits per heavy atom. The van der Waals surface area contributed by atoms with Gasteiger partial charge in [-0.25, -0.2) is 0 Å². The number of benzene rings is 2. The molecular weight excluding hydrogens is 713 g/mol. The summed E-state index contributed by atoms with van der Waals surface area (Å²) in [6, 6.07) is 8.21. The minimum absolute atomic E-state index is 0.0425. The molecule has 2 aliphatic heterocycles. The average molecular weight is 757 g/mol. The van der Waals surface area contributed by atoms with Gasteiger partial charge in [0.25, 0.3) is 30.4 Å². The van der Waals surface area contributed by atoms with Crippen molar-refractivity contribution in [2.75, 3.05) is 36.2 Å². The van der Waals surface area contributed by atoms with E-state index >= 15 is 0 Å². The standard InChI is InChI=1S/C33H44N2O12S3/c1-32(16-8-20-48(38,39)40)25-21-23(49(41,42)43)12-14-27(25)34-29(32)9-7-10-30-33(2,17-19-47-3)26-22-24(50(44,45)46)13-15-28(26)35(30)18-6-4-5-11-31(36)37/h7,9-10,12-15,21-22,30,34H,4-6,8,11,16-20H2,1-3H3,(H,36,37)(H,38,39,40)(H,41,42,43)(H,44,45,46)/b10-7+,29-9+. The number of unbranched alkanes of at least 4 members (excludes halogenated alkanes) is 2. The first-order chi connectivity index (χ1) is 23.2. The average Bonchev–Trinajstić information content (AvgIpc) is 3.41. The number of nitrogens with one attached hydrogen (secondary N) is 1. The molecule has 5 N–H and O–H groups in total. The number of carboxylic acid groups (broad SMARTS) is 1. The molecule has 276 valence electrons. The van der Waals surface area contributed by atoms with Gasteiger partial charge in [0.2, 0.25) is 0 Å². The van der Waals surface area contributed by atoms with Gasteiger partial charge in [-0.3, -0.25) is 18.5 Å². The number of hydrogen-bond acceptors (Lipinski definition) is 10. The highest BCUT2D eigenvalue weighted by molar-refractivity contribution is 7.86. The van der Waals surface area contributed by atoms with Crippen molar-refractivity contribution in [2.45, 2.75) is 85.5 Å². The molecule has 0 amide bonds. The Labute approximate surface area is 293 Å². The van der Waals surface area contributed by atoms with Crippen molar-refractivity contribution < 1.29 is 53.5 Å². The third kappa shape index (κ3) is 8.93. The Balaban J connectivity index is 1.77. The number of carbonyl (C=O) groups is 1. The van der Waals surface area contributed by atoms with Crippen LogP contribution in [-0.4, -0.2) is 82.0 Å². The zero-order valence-electron chi connectivity index (χ0n) is 28.1. The maximum atomic E-state index is 12.1. The van der Waals surface area contributed by atoms with Crippen molar-refractivity contribution in [1.82, 2.24) is 0 Å². The van der Waals surface area contributed by atoms with E-state index in [1.165, 1.54) is 30.3 Å². The fourth-order valence-corrected chi connectivity index (χ4v) is 8.50. The van der Waals surface area contributed by atoms with E-state index in [0.717, 1.165) is 5.69 Å². The zero-order chi connectivity index (χ0) is 37.1. The topological polar surface area (TPSA) is 225 Å². The van der Waals surface area contributed by atoms with E-state index < -0.39 is 52.9 Å². The van der Waals surface area contributed by atoms with Gasteiger partial charge in [-0.15, -0.1) is 0 Å². The fraction of sp³-hybridized carbons (Fsp3) is 0.485. The molecule has 0 bridgehead atoms. The second kappa shape index (κ2) is 15.1. The molecule has 0 fully saturated rings. The van der Waals surface area contributed by atoms with Crippen LogP contribution in [-0.2, 0) is 50.7 Å². The summed E-state index contributed by atoms with van der Waals surface area (Å²) >= 11 is 0. The molecule has 3 atom stereocenters. The number of hydrogen-bond donors (Lipinski definition) is 5. The summed E-state index contributed by atoms with van der Waals surface area (Å²) in [6.07, 6.45) is 8.09. The number of carboxylic acids is 1. The molecule has 0 spiro atoms. The molecule has 2 aromatic rings. The molecule has 0 aromatic heterocycles. The van der Waals surface area contributed by atoms with Crippen LogP contribution in [0.1, 0.15) is 69.9 Å². The lowest BCUT2D eigenvalue weighted by atomic mass is 9.75. The highest BCUT2D eigenvalue weighted by Gasteiger charge is 2.46.